The van der Waals surface area contributed by atoms with Crippen LogP contribution in [0.15, 0.2) is 45.8 Å². The Morgan fingerprint density at radius 2 is 1.86 bits per heavy atom. The SMILES string of the molecule is O=C(O)C1CCCN1S(=O)(=O)c1ccc2cc(Br)ccc2c1. The highest BCUT2D eigenvalue weighted by atomic mass is 79.9. The molecular weight excluding hydrogens is 370 g/mol. The van der Waals surface area contributed by atoms with Crippen LogP contribution in [-0.4, -0.2) is 36.4 Å². The van der Waals surface area contributed by atoms with Gasteiger partial charge in [-0.1, -0.05) is 28.1 Å². The smallest absolute Gasteiger partial charge is 0.322 e. The van der Waals surface area contributed by atoms with E-state index in [1.54, 1.807) is 12.1 Å². The van der Waals surface area contributed by atoms with Gasteiger partial charge in [-0.2, -0.15) is 4.31 Å². The van der Waals surface area contributed by atoms with Crippen LogP contribution >= 0.6 is 15.9 Å². The highest BCUT2D eigenvalue weighted by molar-refractivity contribution is 9.10. The lowest BCUT2D eigenvalue weighted by molar-refractivity contribution is -0.140. The number of hydrogen-bond acceptors (Lipinski definition) is 3. The number of aliphatic carboxylic acids is 1. The van der Waals surface area contributed by atoms with Crippen LogP contribution in [0, 0.1) is 0 Å². The molecule has 1 N–H and O–H groups in total. The maximum atomic E-state index is 12.7. The van der Waals surface area contributed by atoms with Crippen molar-refractivity contribution in [1.29, 1.82) is 0 Å². The van der Waals surface area contributed by atoms with Gasteiger partial charge in [0.2, 0.25) is 10.0 Å². The summed E-state index contributed by atoms with van der Waals surface area (Å²) in [6.07, 6.45) is 0.922. The molecule has 1 aliphatic rings. The number of carbonyl (C=O) groups is 1. The highest BCUT2D eigenvalue weighted by Crippen LogP contribution is 2.29. The van der Waals surface area contributed by atoms with Crippen molar-refractivity contribution in [2.45, 2.75) is 23.8 Å². The van der Waals surface area contributed by atoms with E-state index in [1.807, 2.05) is 18.2 Å². The lowest BCUT2D eigenvalue weighted by Crippen LogP contribution is -2.40. The van der Waals surface area contributed by atoms with Crippen LogP contribution in [0.1, 0.15) is 12.8 Å². The van der Waals surface area contributed by atoms with E-state index in [1.165, 1.54) is 6.07 Å². The number of rotatable bonds is 3. The topological polar surface area (TPSA) is 74.7 Å². The van der Waals surface area contributed by atoms with Crippen molar-refractivity contribution in [2.24, 2.45) is 0 Å². The Bertz CT molecular complexity index is 850. The molecule has 2 aromatic rings. The Morgan fingerprint density at radius 1 is 1.18 bits per heavy atom. The Labute approximate surface area is 136 Å². The van der Waals surface area contributed by atoms with Crippen LogP contribution in [0.3, 0.4) is 0 Å². The average molecular weight is 384 g/mol. The number of halogens is 1. The van der Waals surface area contributed by atoms with Gasteiger partial charge in [-0.3, -0.25) is 4.79 Å². The molecule has 3 rings (SSSR count). The van der Waals surface area contributed by atoms with Gasteiger partial charge in [0.25, 0.3) is 0 Å². The Kier molecular flexibility index (Phi) is 3.96. The lowest BCUT2D eigenvalue weighted by Gasteiger charge is -2.21. The molecule has 0 bridgehead atoms. The summed E-state index contributed by atoms with van der Waals surface area (Å²) < 4.78 is 27.4. The van der Waals surface area contributed by atoms with Gasteiger partial charge in [0.05, 0.1) is 4.90 Å². The molecule has 0 radical (unpaired) electrons. The molecule has 1 atom stereocenters. The zero-order chi connectivity index (χ0) is 15.9. The fourth-order valence-electron chi connectivity index (χ4n) is 2.77. The molecule has 0 spiro atoms. The lowest BCUT2D eigenvalue weighted by atomic mass is 10.1. The van der Waals surface area contributed by atoms with E-state index in [9.17, 15) is 18.3 Å². The minimum atomic E-state index is -3.79. The fourth-order valence-corrected chi connectivity index (χ4v) is 4.83. The minimum absolute atomic E-state index is 0.135. The zero-order valence-electron chi connectivity index (χ0n) is 11.6. The zero-order valence-corrected chi connectivity index (χ0v) is 14.0. The summed E-state index contributed by atoms with van der Waals surface area (Å²) in [5.41, 5.74) is 0. The Morgan fingerprint density at radius 3 is 2.59 bits per heavy atom. The first-order chi connectivity index (χ1) is 10.4. The maximum Gasteiger partial charge on any atom is 0.322 e. The molecule has 7 heteroatoms. The number of nitrogens with zero attached hydrogens (tertiary/aromatic N) is 1. The summed E-state index contributed by atoms with van der Waals surface area (Å²) >= 11 is 3.38. The molecule has 1 heterocycles. The van der Waals surface area contributed by atoms with Gasteiger partial charge >= 0.3 is 5.97 Å². The van der Waals surface area contributed by atoms with Crippen LogP contribution in [0.5, 0.6) is 0 Å². The summed E-state index contributed by atoms with van der Waals surface area (Å²) in [5.74, 6) is -1.09. The van der Waals surface area contributed by atoms with Gasteiger partial charge in [-0.15, -0.1) is 0 Å². The first-order valence-corrected chi connectivity index (χ1v) is 9.07. The third kappa shape index (κ3) is 2.64. The molecule has 1 fully saturated rings. The van der Waals surface area contributed by atoms with Crippen molar-refractivity contribution in [3.05, 3.63) is 40.9 Å². The molecule has 0 amide bonds. The molecular formula is C15H14BrNO4S. The van der Waals surface area contributed by atoms with Crippen LogP contribution in [0.2, 0.25) is 0 Å². The molecule has 1 unspecified atom stereocenters. The van der Waals surface area contributed by atoms with Crippen molar-refractivity contribution in [3.8, 4) is 0 Å². The number of fused-ring (bicyclic) bond motifs is 1. The van der Waals surface area contributed by atoms with Gasteiger partial charge in [0.15, 0.2) is 0 Å². The molecule has 5 nitrogen and oxygen atoms in total. The highest BCUT2D eigenvalue weighted by Gasteiger charge is 2.39. The van der Waals surface area contributed by atoms with Gasteiger partial charge in [-0.05, 0) is 47.9 Å². The summed E-state index contributed by atoms with van der Waals surface area (Å²) in [4.78, 5) is 11.4. The second-order valence-electron chi connectivity index (χ2n) is 5.27. The monoisotopic (exact) mass is 383 g/mol. The maximum absolute atomic E-state index is 12.7. The Hall–Kier alpha value is -1.44. The molecule has 1 saturated heterocycles. The molecule has 116 valence electrons. The predicted octanol–water partition coefficient (Wildman–Crippen LogP) is 2.84. The first-order valence-electron chi connectivity index (χ1n) is 6.83. The second kappa shape index (κ2) is 5.64. The van der Waals surface area contributed by atoms with Crippen LogP contribution < -0.4 is 0 Å². The van der Waals surface area contributed by atoms with Gasteiger partial charge in [-0.25, -0.2) is 8.42 Å². The number of benzene rings is 2. The van der Waals surface area contributed by atoms with Crippen molar-refractivity contribution in [2.75, 3.05) is 6.54 Å². The Balaban J connectivity index is 2.05. The molecule has 1 aliphatic heterocycles. The van der Waals surface area contributed by atoms with E-state index in [0.29, 0.717) is 12.8 Å². The molecule has 0 aromatic heterocycles. The number of carboxylic acids is 1. The molecule has 0 saturated carbocycles. The van der Waals surface area contributed by atoms with Crippen LogP contribution in [0.4, 0.5) is 0 Å². The van der Waals surface area contributed by atoms with E-state index in [4.69, 9.17) is 0 Å². The predicted molar refractivity (Wildman–Crippen MR) is 86.2 cm³/mol. The van der Waals surface area contributed by atoms with E-state index in [0.717, 1.165) is 19.6 Å². The first kappa shape index (κ1) is 15.5. The van der Waals surface area contributed by atoms with Crippen LogP contribution in [-0.2, 0) is 14.8 Å². The van der Waals surface area contributed by atoms with E-state index >= 15 is 0 Å². The summed E-state index contributed by atoms with van der Waals surface area (Å²) in [6, 6.07) is 9.47. The largest absolute Gasteiger partial charge is 0.480 e. The van der Waals surface area contributed by atoms with Gasteiger partial charge < -0.3 is 5.11 Å². The number of sulfonamides is 1. The van der Waals surface area contributed by atoms with Crippen molar-refractivity contribution in [3.63, 3.8) is 0 Å². The minimum Gasteiger partial charge on any atom is -0.480 e. The molecule has 0 aliphatic carbocycles. The van der Waals surface area contributed by atoms with E-state index in [-0.39, 0.29) is 11.4 Å². The quantitative estimate of drug-likeness (QED) is 0.883. The number of hydrogen-bond donors (Lipinski definition) is 1. The normalized spacial score (nSPS) is 19.6. The van der Waals surface area contributed by atoms with Crippen molar-refractivity contribution >= 4 is 42.7 Å². The van der Waals surface area contributed by atoms with E-state index in [2.05, 4.69) is 15.9 Å². The summed E-state index contributed by atoms with van der Waals surface area (Å²) in [5, 5.41) is 10.9. The second-order valence-corrected chi connectivity index (χ2v) is 8.07. The third-order valence-corrected chi connectivity index (χ3v) is 6.27. The van der Waals surface area contributed by atoms with Crippen LogP contribution in [0.25, 0.3) is 10.8 Å². The van der Waals surface area contributed by atoms with Crippen molar-refractivity contribution < 1.29 is 18.3 Å². The van der Waals surface area contributed by atoms with Gasteiger partial charge in [0, 0.05) is 11.0 Å². The summed E-state index contributed by atoms with van der Waals surface area (Å²) in [7, 11) is -3.79. The fraction of sp³-hybridized carbons (Fsp3) is 0.267. The third-order valence-electron chi connectivity index (χ3n) is 3.87. The van der Waals surface area contributed by atoms with E-state index < -0.39 is 22.0 Å². The molecule has 2 aromatic carbocycles. The number of carboxylic acid groups (broad SMARTS) is 1. The van der Waals surface area contributed by atoms with Crippen molar-refractivity contribution in [1.82, 2.24) is 4.31 Å². The average Bonchev–Trinajstić information content (AvgIpc) is 2.97. The standard InChI is InChI=1S/C15H14BrNO4S/c16-12-5-3-11-9-13(6-4-10(11)8-12)22(20,21)17-7-1-2-14(17)15(18)19/h3-6,8-9,14H,1-2,7H2,(H,18,19). The summed E-state index contributed by atoms with van der Waals surface area (Å²) in [6.45, 7) is 0.248. The molecule has 22 heavy (non-hydrogen) atoms. The van der Waals surface area contributed by atoms with Gasteiger partial charge in [0.1, 0.15) is 6.04 Å².